The van der Waals surface area contributed by atoms with Gasteiger partial charge >= 0.3 is 11.9 Å². The highest BCUT2D eigenvalue weighted by molar-refractivity contribution is 6.03. The van der Waals surface area contributed by atoms with Crippen LogP contribution < -0.4 is 16.2 Å². The Kier molecular flexibility index (Phi) is 4.57. The molecule has 0 spiro atoms. The summed E-state index contributed by atoms with van der Waals surface area (Å²) in [5, 5.41) is 9.25. The lowest BCUT2D eigenvalue weighted by atomic mass is 10.0. The fraction of sp³-hybridized carbons (Fsp3) is 0. The van der Waals surface area contributed by atoms with E-state index in [1.807, 2.05) is 0 Å². The zero-order valence-electron chi connectivity index (χ0n) is 13.7. The third-order valence-electron chi connectivity index (χ3n) is 3.87. The van der Waals surface area contributed by atoms with Crippen LogP contribution in [0.1, 0.15) is 20.7 Å². The summed E-state index contributed by atoms with van der Waals surface area (Å²) in [5.74, 6) is -1.80. The lowest BCUT2D eigenvalue weighted by Gasteiger charge is -2.15. The number of nitrogen functional groups attached to an aromatic ring is 2. The highest BCUT2D eigenvalue weighted by atomic mass is 16.5. The van der Waals surface area contributed by atoms with E-state index in [4.69, 9.17) is 16.2 Å². The first-order chi connectivity index (χ1) is 12.5. The van der Waals surface area contributed by atoms with Gasteiger partial charge in [-0.15, -0.1) is 0 Å². The van der Waals surface area contributed by atoms with Crippen LogP contribution in [0.15, 0.2) is 66.7 Å². The summed E-state index contributed by atoms with van der Waals surface area (Å²) in [6.45, 7) is 0. The zero-order chi connectivity index (χ0) is 18.7. The second-order valence-electron chi connectivity index (χ2n) is 5.55. The van der Waals surface area contributed by atoms with E-state index in [1.165, 1.54) is 18.2 Å². The van der Waals surface area contributed by atoms with Crippen LogP contribution in [-0.4, -0.2) is 17.0 Å². The first-order valence-corrected chi connectivity index (χ1v) is 7.77. The number of nitrogens with two attached hydrogens (primary N) is 2. The van der Waals surface area contributed by atoms with Gasteiger partial charge in [-0.1, -0.05) is 36.4 Å². The molecule has 0 radical (unpaired) electrons. The Morgan fingerprint density at radius 1 is 0.769 bits per heavy atom. The van der Waals surface area contributed by atoms with Crippen LogP contribution in [0, 0.1) is 0 Å². The normalized spacial score (nSPS) is 10.3. The van der Waals surface area contributed by atoms with Crippen LogP contribution in [0.2, 0.25) is 0 Å². The molecule has 0 heterocycles. The highest BCUT2D eigenvalue weighted by Crippen LogP contribution is 2.38. The van der Waals surface area contributed by atoms with Gasteiger partial charge in [-0.05, 0) is 30.3 Å². The molecule has 0 fully saturated rings. The summed E-state index contributed by atoms with van der Waals surface area (Å²) in [6.07, 6.45) is 0. The van der Waals surface area contributed by atoms with E-state index in [0.29, 0.717) is 22.5 Å². The first kappa shape index (κ1) is 17.0. The van der Waals surface area contributed by atoms with Crippen molar-refractivity contribution in [2.24, 2.45) is 0 Å². The minimum absolute atomic E-state index is 0.0468. The van der Waals surface area contributed by atoms with Gasteiger partial charge in [0.15, 0.2) is 0 Å². The molecule has 3 aromatic rings. The molecule has 0 saturated carbocycles. The molecule has 0 unspecified atom stereocenters. The maximum absolute atomic E-state index is 12.6. The van der Waals surface area contributed by atoms with Gasteiger partial charge in [0.1, 0.15) is 5.75 Å². The number of ether oxygens (including phenoxy) is 1. The summed E-state index contributed by atoms with van der Waals surface area (Å²) in [5.41, 5.74) is 13.9. The molecule has 0 amide bonds. The maximum atomic E-state index is 12.6. The van der Waals surface area contributed by atoms with Gasteiger partial charge in [0.05, 0.1) is 11.1 Å². The van der Waals surface area contributed by atoms with Gasteiger partial charge in [-0.25, -0.2) is 9.59 Å². The third kappa shape index (κ3) is 3.21. The van der Waals surface area contributed by atoms with Crippen molar-refractivity contribution in [1.29, 1.82) is 0 Å². The second kappa shape index (κ2) is 6.98. The summed E-state index contributed by atoms with van der Waals surface area (Å²) in [4.78, 5) is 23.9. The molecule has 0 aliphatic rings. The molecule has 0 aliphatic heterocycles. The van der Waals surface area contributed by atoms with Gasteiger partial charge in [0, 0.05) is 22.5 Å². The number of hydrogen-bond acceptors (Lipinski definition) is 5. The van der Waals surface area contributed by atoms with Crippen molar-refractivity contribution in [2.75, 3.05) is 11.5 Å². The van der Waals surface area contributed by atoms with Crippen LogP contribution in [0.3, 0.4) is 0 Å². The van der Waals surface area contributed by atoms with Gasteiger partial charge in [-0.3, -0.25) is 0 Å². The molecule has 0 atom stereocenters. The van der Waals surface area contributed by atoms with Gasteiger partial charge in [0.2, 0.25) is 0 Å². The van der Waals surface area contributed by atoms with Crippen LogP contribution in [-0.2, 0) is 0 Å². The van der Waals surface area contributed by atoms with Crippen molar-refractivity contribution >= 4 is 23.3 Å². The van der Waals surface area contributed by atoms with E-state index < -0.39 is 11.9 Å². The number of anilines is 2. The van der Waals surface area contributed by atoms with E-state index in [1.54, 1.807) is 48.5 Å². The lowest BCUT2D eigenvalue weighted by molar-refractivity contribution is 0.0668. The SMILES string of the molecule is Nc1ccccc1-c1c(N)cccc1OC(=O)c1ccccc1C(=O)O. The van der Waals surface area contributed by atoms with Crippen LogP contribution in [0.25, 0.3) is 11.1 Å². The number of carboxylic acid groups (broad SMARTS) is 1. The molecule has 3 aromatic carbocycles. The molecule has 130 valence electrons. The Balaban J connectivity index is 2.05. The minimum Gasteiger partial charge on any atom is -0.478 e. The Labute approximate surface area is 149 Å². The number of hydrogen-bond donors (Lipinski definition) is 3. The maximum Gasteiger partial charge on any atom is 0.344 e. The number of para-hydroxylation sites is 1. The lowest BCUT2D eigenvalue weighted by Crippen LogP contribution is -2.14. The number of esters is 1. The van der Waals surface area contributed by atoms with Gasteiger partial charge in [-0.2, -0.15) is 0 Å². The number of rotatable bonds is 4. The average molecular weight is 348 g/mol. The third-order valence-corrected chi connectivity index (χ3v) is 3.87. The van der Waals surface area contributed by atoms with Crippen molar-refractivity contribution in [3.05, 3.63) is 77.9 Å². The highest BCUT2D eigenvalue weighted by Gasteiger charge is 2.20. The van der Waals surface area contributed by atoms with Gasteiger partial charge < -0.3 is 21.3 Å². The summed E-state index contributed by atoms with van der Waals surface area (Å²) in [7, 11) is 0. The van der Waals surface area contributed by atoms with E-state index in [-0.39, 0.29) is 16.9 Å². The summed E-state index contributed by atoms with van der Waals surface area (Å²) in [6, 6.07) is 17.8. The summed E-state index contributed by atoms with van der Waals surface area (Å²) >= 11 is 0. The number of benzene rings is 3. The Bertz CT molecular complexity index is 999. The molecule has 0 bridgehead atoms. The topological polar surface area (TPSA) is 116 Å². The Morgan fingerprint density at radius 3 is 2.08 bits per heavy atom. The quantitative estimate of drug-likeness (QED) is 0.378. The molecule has 5 N–H and O–H groups in total. The average Bonchev–Trinajstić information content (AvgIpc) is 2.63. The number of carbonyl (C=O) groups is 2. The molecule has 6 nitrogen and oxygen atoms in total. The fourth-order valence-corrected chi connectivity index (χ4v) is 2.65. The largest absolute Gasteiger partial charge is 0.478 e. The minimum atomic E-state index is -1.21. The van der Waals surface area contributed by atoms with Crippen molar-refractivity contribution in [3.8, 4) is 16.9 Å². The number of aromatic carboxylic acids is 1. The van der Waals surface area contributed by atoms with Crippen LogP contribution >= 0.6 is 0 Å². The van der Waals surface area contributed by atoms with Crippen molar-refractivity contribution in [1.82, 2.24) is 0 Å². The van der Waals surface area contributed by atoms with Gasteiger partial charge in [0.25, 0.3) is 0 Å². The molecule has 26 heavy (non-hydrogen) atoms. The molecular weight excluding hydrogens is 332 g/mol. The Hall–Kier alpha value is -3.80. The molecular formula is C20H16N2O4. The monoisotopic (exact) mass is 348 g/mol. The van der Waals surface area contributed by atoms with Crippen LogP contribution in [0.4, 0.5) is 11.4 Å². The predicted molar refractivity (Wildman–Crippen MR) is 99.1 cm³/mol. The van der Waals surface area contributed by atoms with Crippen LogP contribution in [0.5, 0.6) is 5.75 Å². The van der Waals surface area contributed by atoms with E-state index in [9.17, 15) is 14.7 Å². The van der Waals surface area contributed by atoms with E-state index in [2.05, 4.69) is 0 Å². The molecule has 0 aromatic heterocycles. The molecule has 3 rings (SSSR count). The second-order valence-corrected chi connectivity index (χ2v) is 5.55. The van der Waals surface area contributed by atoms with E-state index in [0.717, 1.165) is 0 Å². The van der Waals surface area contributed by atoms with Crippen molar-refractivity contribution in [3.63, 3.8) is 0 Å². The fourth-order valence-electron chi connectivity index (χ4n) is 2.65. The molecule has 6 heteroatoms. The molecule has 0 saturated heterocycles. The first-order valence-electron chi connectivity index (χ1n) is 7.77. The summed E-state index contributed by atoms with van der Waals surface area (Å²) < 4.78 is 5.47. The standard InChI is InChI=1S/C20H16N2O4/c21-15-9-4-3-8-14(15)18-16(22)10-5-11-17(18)26-20(25)13-7-2-1-6-12(13)19(23)24/h1-11H,21-22H2,(H,23,24). The smallest absolute Gasteiger partial charge is 0.344 e. The number of carboxylic acids is 1. The number of carbonyl (C=O) groups excluding carboxylic acids is 1. The van der Waals surface area contributed by atoms with Crippen molar-refractivity contribution in [2.45, 2.75) is 0 Å². The Morgan fingerprint density at radius 2 is 1.38 bits per heavy atom. The zero-order valence-corrected chi connectivity index (χ0v) is 13.7. The molecule has 0 aliphatic carbocycles. The predicted octanol–water partition coefficient (Wildman–Crippen LogP) is 3.44. The van der Waals surface area contributed by atoms with Crippen molar-refractivity contribution < 1.29 is 19.4 Å². The van der Waals surface area contributed by atoms with E-state index >= 15 is 0 Å².